The average Bonchev–Trinajstić information content (AvgIpc) is 3.29. The number of rotatable bonds is 10. The molecule has 0 saturated heterocycles. The SMILES string of the molecule is CCc1cn2c3c(cc(C(=O)N[C@@H](Cc4ccccc4)[C@H](O)CNCc4ccccc4)cc13)N(C)S(=O)(=O)CC2. The lowest BCUT2D eigenvalue weighted by Crippen LogP contribution is -2.48. The Labute approximate surface area is 235 Å². The van der Waals surface area contributed by atoms with Gasteiger partial charge in [-0.1, -0.05) is 67.6 Å². The van der Waals surface area contributed by atoms with Gasteiger partial charge < -0.3 is 20.3 Å². The van der Waals surface area contributed by atoms with Crippen LogP contribution in [0, 0.1) is 0 Å². The molecule has 8 nitrogen and oxygen atoms in total. The van der Waals surface area contributed by atoms with Gasteiger partial charge in [-0.15, -0.1) is 0 Å². The molecule has 2 heterocycles. The predicted molar refractivity (Wildman–Crippen MR) is 159 cm³/mol. The number of aromatic nitrogens is 1. The van der Waals surface area contributed by atoms with Crippen LogP contribution in [0.2, 0.25) is 0 Å². The largest absolute Gasteiger partial charge is 0.390 e. The standard InChI is InChI=1S/C31H36N4O4S/c1-3-24-21-35-14-15-40(38,39)34(2)28-18-25(17-26(24)30(28)35)31(37)33-27(16-22-10-6-4-7-11-22)29(36)20-32-19-23-12-8-5-9-13-23/h4-13,17-18,21,27,29,32,36H,3,14-16,19-20H2,1-2H3,(H,33,37)/t27-,29+/m0/s1. The molecule has 3 N–H and O–H groups in total. The Morgan fingerprint density at radius 1 is 1.02 bits per heavy atom. The summed E-state index contributed by atoms with van der Waals surface area (Å²) in [5.74, 6) is -0.362. The lowest BCUT2D eigenvalue weighted by molar-refractivity contribution is 0.0830. The van der Waals surface area contributed by atoms with Crippen molar-refractivity contribution in [2.45, 2.75) is 45.0 Å². The number of benzene rings is 3. The molecule has 2 atom stereocenters. The minimum atomic E-state index is -3.52. The van der Waals surface area contributed by atoms with Gasteiger partial charge in [0.2, 0.25) is 10.0 Å². The van der Waals surface area contributed by atoms with Crippen LogP contribution in [-0.2, 0) is 36.0 Å². The highest BCUT2D eigenvalue weighted by Gasteiger charge is 2.29. The van der Waals surface area contributed by atoms with E-state index in [1.807, 2.05) is 84.4 Å². The number of nitrogens with one attached hydrogen (secondary N) is 2. The van der Waals surface area contributed by atoms with Crippen molar-refractivity contribution in [3.05, 3.63) is 101 Å². The van der Waals surface area contributed by atoms with Crippen LogP contribution in [0.5, 0.6) is 0 Å². The van der Waals surface area contributed by atoms with Crippen molar-refractivity contribution >= 4 is 32.5 Å². The molecule has 1 amide bonds. The number of amides is 1. The average molecular weight is 561 g/mol. The third kappa shape index (κ3) is 5.91. The third-order valence-electron chi connectivity index (χ3n) is 7.63. The Morgan fingerprint density at radius 3 is 2.38 bits per heavy atom. The summed E-state index contributed by atoms with van der Waals surface area (Å²) in [6.07, 6.45) is 2.34. The quantitative estimate of drug-likeness (QED) is 0.276. The Kier molecular flexibility index (Phi) is 8.25. The summed E-state index contributed by atoms with van der Waals surface area (Å²) in [7, 11) is -1.98. The van der Waals surface area contributed by atoms with E-state index in [9.17, 15) is 18.3 Å². The molecule has 0 bridgehead atoms. The highest BCUT2D eigenvalue weighted by atomic mass is 32.2. The first kappa shape index (κ1) is 27.9. The van der Waals surface area contributed by atoms with Gasteiger partial charge in [0, 0.05) is 43.8 Å². The van der Waals surface area contributed by atoms with E-state index in [1.165, 1.54) is 4.31 Å². The topological polar surface area (TPSA) is 104 Å². The molecule has 0 saturated carbocycles. The molecule has 1 aliphatic rings. The van der Waals surface area contributed by atoms with E-state index in [2.05, 4.69) is 10.6 Å². The molecule has 1 aromatic heterocycles. The number of hydrogen-bond acceptors (Lipinski definition) is 5. The molecule has 40 heavy (non-hydrogen) atoms. The Hall–Kier alpha value is -3.66. The van der Waals surface area contributed by atoms with Crippen LogP contribution in [-0.4, -0.2) is 55.5 Å². The molecule has 0 unspecified atom stereocenters. The van der Waals surface area contributed by atoms with Crippen LogP contribution in [0.3, 0.4) is 0 Å². The van der Waals surface area contributed by atoms with Gasteiger partial charge in [-0.25, -0.2) is 8.42 Å². The number of carbonyl (C=O) groups excluding carboxylic acids is 1. The maximum Gasteiger partial charge on any atom is 0.251 e. The van der Waals surface area contributed by atoms with E-state index in [4.69, 9.17) is 0 Å². The number of nitrogens with zero attached hydrogens (tertiary/aromatic N) is 2. The summed E-state index contributed by atoms with van der Waals surface area (Å²) in [6.45, 7) is 3.30. The summed E-state index contributed by atoms with van der Waals surface area (Å²) in [5.41, 5.74) is 4.83. The number of hydrogen-bond donors (Lipinski definition) is 3. The fourth-order valence-electron chi connectivity index (χ4n) is 5.32. The fourth-order valence-corrected chi connectivity index (χ4v) is 6.46. The smallest absolute Gasteiger partial charge is 0.251 e. The van der Waals surface area contributed by atoms with Gasteiger partial charge in [0.1, 0.15) is 0 Å². The summed E-state index contributed by atoms with van der Waals surface area (Å²) in [6, 6.07) is 22.6. The summed E-state index contributed by atoms with van der Waals surface area (Å²) < 4.78 is 29.0. The van der Waals surface area contributed by atoms with E-state index in [0.29, 0.717) is 37.3 Å². The Morgan fingerprint density at radius 2 is 1.70 bits per heavy atom. The Balaban J connectivity index is 1.42. The molecule has 0 spiro atoms. The van der Waals surface area contributed by atoms with Crippen molar-refractivity contribution in [1.82, 2.24) is 15.2 Å². The molecule has 9 heteroatoms. The van der Waals surface area contributed by atoms with Gasteiger partial charge in [0.15, 0.2) is 0 Å². The van der Waals surface area contributed by atoms with E-state index in [0.717, 1.165) is 34.0 Å². The molecule has 210 valence electrons. The van der Waals surface area contributed by atoms with Crippen molar-refractivity contribution in [2.75, 3.05) is 23.7 Å². The lowest BCUT2D eigenvalue weighted by Gasteiger charge is -2.25. The number of carbonyl (C=O) groups is 1. The van der Waals surface area contributed by atoms with Gasteiger partial charge in [-0.2, -0.15) is 0 Å². The van der Waals surface area contributed by atoms with Crippen molar-refractivity contribution in [3.63, 3.8) is 0 Å². The monoisotopic (exact) mass is 560 g/mol. The van der Waals surface area contributed by atoms with Crippen LogP contribution < -0.4 is 14.9 Å². The van der Waals surface area contributed by atoms with Crippen LogP contribution in [0.4, 0.5) is 5.69 Å². The second-order valence-electron chi connectivity index (χ2n) is 10.3. The first-order valence-electron chi connectivity index (χ1n) is 13.7. The van der Waals surface area contributed by atoms with Gasteiger partial charge >= 0.3 is 0 Å². The number of aliphatic hydroxyl groups is 1. The van der Waals surface area contributed by atoms with Crippen LogP contribution in [0.1, 0.15) is 34.0 Å². The number of sulfonamides is 1. The lowest BCUT2D eigenvalue weighted by atomic mass is 9.99. The molecular weight excluding hydrogens is 524 g/mol. The molecule has 1 aliphatic heterocycles. The number of aliphatic hydroxyl groups excluding tert-OH is 1. The van der Waals surface area contributed by atoms with Gasteiger partial charge in [-0.3, -0.25) is 9.10 Å². The molecular formula is C31H36N4O4S. The fraction of sp³-hybridized carbons (Fsp3) is 0.323. The van der Waals surface area contributed by atoms with Crippen LogP contribution in [0.25, 0.3) is 10.9 Å². The highest BCUT2D eigenvalue weighted by molar-refractivity contribution is 7.92. The first-order valence-corrected chi connectivity index (χ1v) is 15.3. The van der Waals surface area contributed by atoms with Crippen molar-refractivity contribution in [1.29, 1.82) is 0 Å². The van der Waals surface area contributed by atoms with Crippen molar-refractivity contribution in [3.8, 4) is 0 Å². The molecule has 5 rings (SSSR count). The van der Waals surface area contributed by atoms with Crippen LogP contribution >= 0.6 is 0 Å². The first-order chi connectivity index (χ1) is 19.3. The number of aryl methyl sites for hydroxylation is 2. The minimum absolute atomic E-state index is 0.00598. The van der Waals surface area contributed by atoms with E-state index in [1.54, 1.807) is 13.1 Å². The zero-order chi connectivity index (χ0) is 28.3. The van der Waals surface area contributed by atoms with Gasteiger partial charge in [0.25, 0.3) is 5.91 Å². The normalized spacial score (nSPS) is 15.9. The summed E-state index contributed by atoms with van der Waals surface area (Å²) in [4.78, 5) is 13.7. The zero-order valence-electron chi connectivity index (χ0n) is 22.9. The molecule has 0 fully saturated rings. The van der Waals surface area contributed by atoms with E-state index < -0.39 is 22.2 Å². The second-order valence-corrected chi connectivity index (χ2v) is 12.4. The van der Waals surface area contributed by atoms with Crippen LogP contribution in [0.15, 0.2) is 79.0 Å². The van der Waals surface area contributed by atoms with Crippen molar-refractivity contribution < 1.29 is 18.3 Å². The molecule has 0 aliphatic carbocycles. The van der Waals surface area contributed by atoms with E-state index in [-0.39, 0.29) is 11.7 Å². The molecule has 0 radical (unpaired) electrons. The summed E-state index contributed by atoms with van der Waals surface area (Å²) in [5, 5.41) is 18.4. The van der Waals surface area contributed by atoms with Gasteiger partial charge in [0.05, 0.1) is 29.1 Å². The maximum absolute atomic E-state index is 13.7. The third-order valence-corrected chi connectivity index (χ3v) is 9.36. The molecule has 4 aromatic rings. The zero-order valence-corrected chi connectivity index (χ0v) is 23.7. The van der Waals surface area contributed by atoms with E-state index >= 15 is 0 Å². The number of anilines is 1. The van der Waals surface area contributed by atoms with Gasteiger partial charge in [-0.05, 0) is 41.7 Å². The maximum atomic E-state index is 13.7. The predicted octanol–water partition coefficient (Wildman–Crippen LogP) is 3.48. The summed E-state index contributed by atoms with van der Waals surface area (Å²) >= 11 is 0. The Bertz CT molecular complexity index is 1590. The second kappa shape index (κ2) is 11.8. The molecule has 3 aromatic carbocycles. The van der Waals surface area contributed by atoms with Crippen molar-refractivity contribution in [2.24, 2.45) is 0 Å². The minimum Gasteiger partial charge on any atom is -0.390 e. The highest BCUT2D eigenvalue weighted by Crippen LogP contribution is 2.35.